The number of piperazine rings is 2. The van der Waals surface area contributed by atoms with Crippen LogP contribution in [0.5, 0.6) is 0 Å². The molecular formula is C66H75ClN12O4S2. The van der Waals surface area contributed by atoms with Crippen LogP contribution in [-0.2, 0) is 32.9 Å². The summed E-state index contributed by atoms with van der Waals surface area (Å²) in [5, 5.41) is 7.25. The third kappa shape index (κ3) is 14.7. The molecule has 4 N–H and O–H groups in total. The molecule has 19 heteroatoms. The highest BCUT2D eigenvalue weighted by atomic mass is 35.5. The lowest BCUT2D eigenvalue weighted by atomic mass is 9.78. The number of hydrogen-bond donors (Lipinski definition) is 4. The highest BCUT2D eigenvalue weighted by molar-refractivity contribution is 7.93. The maximum Gasteiger partial charge on any atom is 0.261 e. The Balaban J connectivity index is 0.000000177. The molecule has 442 valence electrons. The Morgan fingerprint density at radius 3 is 1.39 bits per heavy atom. The van der Waals surface area contributed by atoms with Gasteiger partial charge in [-0.3, -0.25) is 9.44 Å². The van der Waals surface area contributed by atoms with Crippen molar-refractivity contribution in [2.24, 2.45) is 0 Å². The molecule has 0 saturated carbocycles. The van der Waals surface area contributed by atoms with Crippen molar-refractivity contribution >= 4 is 54.9 Å². The molecule has 2 atom stereocenters. The van der Waals surface area contributed by atoms with Gasteiger partial charge in [-0.05, 0) is 166 Å². The van der Waals surface area contributed by atoms with E-state index in [0.717, 1.165) is 160 Å². The molecule has 0 bridgehead atoms. The first kappa shape index (κ1) is 59.4. The lowest BCUT2D eigenvalue weighted by Crippen LogP contribution is -2.44. The van der Waals surface area contributed by atoms with Crippen molar-refractivity contribution in [3.8, 4) is 22.5 Å². The Bertz CT molecular complexity index is 3840. The van der Waals surface area contributed by atoms with Crippen LogP contribution in [0.3, 0.4) is 0 Å². The number of aryl methyl sites for hydroxylation is 2. The third-order valence-electron chi connectivity index (χ3n) is 16.6. The average molecular weight is 1200 g/mol. The summed E-state index contributed by atoms with van der Waals surface area (Å²) in [5.74, 6) is 1.57. The SMILES string of the molecule is CN1CCN(CCCNc2ncc3c(n2)-c2ccccc2C(c2ccc(NS(=O)(=O)c4cccc(Cl)c4)cc2)C3)CC1.Cc1cc(C)cc(S(=O)(=O)Nc2ccc(C3Cc4cnc(NCCCN5CCN(C)CC5)nc4-c4ccccc43)cc2)c1. The molecule has 2 aliphatic carbocycles. The summed E-state index contributed by atoms with van der Waals surface area (Å²) in [6.07, 6.45) is 7.56. The number of sulfonamides is 2. The minimum atomic E-state index is -3.74. The van der Waals surface area contributed by atoms with E-state index >= 15 is 0 Å². The number of halogens is 1. The monoisotopic (exact) mass is 1200 g/mol. The largest absolute Gasteiger partial charge is 0.354 e. The average Bonchev–Trinajstić information content (AvgIpc) is 3.63. The summed E-state index contributed by atoms with van der Waals surface area (Å²) in [6.45, 7) is 16.7. The van der Waals surface area contributed by atoms with Gasteiger partial charge in [0.2, 0.25) is 11.9 Å². The number of benzene rings is 6. The van der Waals surface area contributed by atoms with Gasteiger partial charge in [-0.25, -0.2) is 36.8 Å². The standard InChI is InChI=1S/C34H40N6O2S.C32H35ClN6O2S/c1-24-19-25(2)21-29(20-24)43(41,42)38-28-11-9-26(10-12-28)32-22-27-23-36-34(37-33(27)31-8-5-4-7-30(31)32)35-13-6-14-40-17-15-39(3)16-18-40;1-38-16-18-39(19-17-38)15-5-14-34-32-35-22-24-20-30(28-8-2-3-9-29(28)31(24)36-32)23-10-12-26(13-11-23)37-42(40,41)27-7-4-6-25(33)21-27/h4-5,7-12,19-21,23,32,38H,6,13-18,22H2,1-3H3,(H,35,36,37);2-4,6-13,21-22,30,37H,5,14-20H2,1H3,(H,34,35,36). The topological polar surface area (TPSA) is 181 Å². The zero-order valence-corrected chi connectivity index (χ0v) is 51.2. The van der Waals surface area contributed by atoms with Crippen LogP contribution in [0.15, 0.2) is 162 Å². The molecule has 2 fully saturated rings. The van der Waals surface area contributed by atoms with Gasteiger partial charge in [-0.2, -0.15) is 0 Å². The normalized spacial score (nSPS) is 17.3. The third-order valence-corrected chi connectivity index (χ3v) is 19.5. The summed E-state index contributed by atoms with van der Waals surface area (Å²) >= 11 is 6.00. The van der Waals surface area contributed by atoms with Crippen LogP contribution in [0.4, 0.5) is 23.3 Å². The number of aromatic nitrogens is 4. The van der Waals surface area contributed by atoms with E-state index in [2.05, 4.69) is 106 Å². The zero-order chi connectivity index (χ0) is 59.1. The molecule has 2 aliphatic heterocycles. The molecule has 4 aliphatic rings. The fraction of sp³-hybridized carbons (Fsp3) is 0.333. The van der Waals surface area contributed by atoms with Crippen LogP contribution in [0.25, 0.3) is 22.5 Å². The molecule has 16 nitrogen and oxygen atoms in total. The predicted molar refractivity (Wildman–Crippen MR) is 342 cm³/mol. The molecule has 0 amide bonds. The smallest absolute Gasteiger partial charge is 0.261 e. The van der Waals surface area contributed by atoms with Crippen molar-refractivity contribution in [3.05, 3.63) is 201 Å². The summed E-state index contributed by atoms with van der Waals surface area (Å²) < 4.78 is 57.2. The highest BCUT2D eigenvalue weighted by Crippen LogP contribution is 2.44. The van der Waals surface area contributed by atoms with Gasteiger partial charge in [0.05, 0.1) is 21.2 Å². The molecule has 2 aromatic heterocycles. The second kappa shape index (κ2) is 26.5. The molecule has 0 spiro atoms. The first-order chi connectivity index (χ1) is 41.1. The number of fused-ring (bicyclic) bond motifs is 6. The van der Waals surface area contributed by atoms with E-state index in [1.165, 1.54) is 23.3 Å². The molecule has 2 saturated heterocycles. The van der Waals surface area contributed by atoms with Gasteiger partial charge in [0.25, 0.3) is 20.0 Å². The van der Waals surface area contributed by atoms with E-state index in [0.29, 0.717) is 28.3 Å². The molecule has 85 heavy (non-hydrogen) atoms. The van der Waals surface area contributed by atoms with Crippen LogP contribution in [0.1, 0.15) is 69.2 Å². The predicted octanol–water partition coefficient (Wildman–Crippen LogP) is 10.6. The first-order valence-corrected chi connectivity index (χ1v) is 32.7. The van der Waals surface area contributed by atoms with Gasteiger partial charge >= 0.3 is 0 Å². The summed E-state index contributed by atoms with van der Waals surface area (Å²) in [6, 6.07) is 43.7. The van der Waals surface area contributed by atoms with Crippen LogP contribution in [0, 0.1) is 13.8 Å². The maximum absolute atomic E-state index is 13.1. The van der Waals surface area contributed by atoms with E-state index in [9.17, 15) is 16.8 Å². The highest BCUT2D eigenvalue weighted by Gasteiger charge is 2.30. The summed E-state index contributed by atoms with van der Waals surface area (Å²) in [5.41, 5.74) is 13.9. The molecule has 12 rings (SSSR count). The zero-order valence-electron chi connectivity index (χ0n) is 48.8. The number of anilines is 4. The Morgan fingerprint density at radius 2 is 0.941 bits per heavy atom. The van der Waals surface area contributed by atoms with Crippen molar-refractivity contribution in [1.29, 1.82) is 0 Å². The number of rotatable bonds is 18. The molecule has 2 unspecified atom stereocenters. The molecule has 8 aromatic rings. The van der Waals surface area contributed by atoms with Gasteiger partial charge in [-0.1, -0.05) is 96.5 Å². The van der Waals surface area contributed by atoms with Crippen LogP contribution >= 0.6 is 11.6 Å². The fourth-order valence-corrected chi connectivity index (χ4v) is 14.5. The molecular weight excluding hydrogens is 1120 g/mol. The van der Waals surface area contributed by atoms with Gasteiger partial charge in [0.1, 0.15) is 0 Å². The van der Waals surface area contributed by atoms with E-state index in [-0.39, 0.29) is 21.6 Å². The number of nitrogens with zero attached hydrogens (tertiary/aromatic N) is 8. The quantitative estimate of drug-likeness (QED) is 0.0596. The number of hydrogen-bond acceptors (Lipinski definition) is 14. The second-order valence-corrected chi connectivity index (χ2v) is 26.7. The molecule has 0 radical (unpaired) electrons. The van der Waals surface area contributed by atoms with Crippen LogP contribution < -0.4 is 20.1 Å². The maximum atomic E-state index is 13.1. The molecule has 4 heterocycles. The summed E-state index contributed by atoms with van der Waals surface area (Å²) in [4.78, 5) is 29.4. The van der Waals surface area contributed by atoms with Crippen molar-refractivity contribution < 1.29 is 16.8 Å². The fourth-order valence-electron chi connectivity index (χ4n) is 11.9. The minimum absolute atomic E-state index is 0.110. The van der Waals surface area contributed by atoms with Gasteiger partial charge in [0, 0.05) is 117 Å². The Hall–Kier alpha value is -7.29. The molecule has 6 aromatic carbocycles. The van der Waals surface area contributed by atoms with Crippen molar-refractivity contribution in [2.75, 3.05) is 113 Å². The van der Waals surface area contributed by atoms with Crippen molar-refractivity contribution in [2.45, 2.75) is 61.2 Å². The van der Waals surface area contributed by atoms with Gasteiger partial charge in [-0.15, -0.1) is 0 Å². The Morgan fingerprint density at radius 1 is 0.506 bits per heavy atom. The minimum Gasteiger partial charge on any atom is -0.354 e. The van der Waals surface area contributed by atoms with E-state index < -0.39 is 20.0 Å². The van der Waals surface area contributed by atoms with Crippen molar-refractivity contribution in [3.63, 3.8) is 0 Å². The first-order valence-electron chi connectivity index (χ1n) is 29.4. The van der Waals surface area contributed by atoms with Crippen molar-refractivity contribution in [1.82, 2.24) is 39.5 Å². The van der Waals surface area contributed by atoms with E-state index in [4.69, 9.17) is 21.6 Å². The lowest BCUT2D eigenvalue weighted by molar-refractivity contribution is 0.154. The lowest BCUT2D eigenvalue weighted by Gasteiger charge is -2.32. The number of nitrogens with one attached hydrogen (secondary N) is 4. The Labute approximate surface area is 506 Å². The van der Waals surface area contributed by atoms with Crippen LogP contribution in [-0.4, -0.2) is 149 Å². The van der Waals surface area contributed by atoms with Crippen LogP contribution in [0.2, 0.25) is 5.02 Å². The summed E-state index contributed by atoms with van der Waals surface area (Å²) in [7, 11) is -3.06. The van der Waals surface area contributed by atoms with Gasteiger partial charge in [0.15, 0.2) is 0 Å². The van der Waals surface area contributed by atoms with E-state index in [1.54, 1.807) is 36.4 Å². The number of likely N-dealkylation sites (N-methyl/N-ethyl adjacent to an activating group) is 2. The van der Waals surface area contributed by atoms with E-state index in [1.807, 2.05) is 74.8 Å². The van der Waals surface area contributed by atoms with Gasteiger partial charge < -0.3 is 30.2 Å². The second-order valence-electron chi connectivity index (χ2n) is 22.9. The Kier molecular flexibility index (Phi) is 18.6.